The first-order valence-corrected chi connectivity index (χ1v) is 8.07. The van der Waals surface area contributed by atoms with E-state index in [4.69, 9.17) is 4.74 Å². The summed E-state index contributed by atoms with van der Waals surface area (Å²) in [5.74, 6) is 0.626. The van der Waals surface area contributed by atoms with Crippen LogP contribution in [0.15, 0.2) is 36.5 Å². The van der Waals surface area contributed by atoms with Gasteiger partial charge >= 0.3 is 0 Å². The van der Waals surface area contributed by atoms with E-state index in [0.717, 1.165) is 28.2 Å². The van der Waals surface area contributed by atoms with Crippen LogP contribution in [0.2, 0.25) is 0 Å². The van der Waals surface area contributed by atoms with Crippen LogP contribution in [0.4, 0.5) is 0 Å². The largest absolute Gasteiger partial charge is 0.491 e. The number of para-hydroxylation sites is 1. The molecular weight excluding hydrogens is 312 g/mol. The molecule has 0 radical (unpaired) electrons. The predicted octanol–water partition coefficient (Wildman–Crippen LogP) is 2.59. The zero-order chi connectivity index (χ0) is 16.1. The lowest BCUT2D eigenvalue weighted by atomic mass is 10.2. The number of ether oxygens (including phenoxy) is 1. The lowest BCUT2D eigenvalue weighted by Crippen LogP contribution is -2.25. The summed E-state index contributed by atoms with van der Waals surface area (Å²) in [7, 11) is 0. The van der Waals surface area contributed by atoms with Gasteiger partial charge in [-0.15, -0.1) is 5.10 Å². The van der Waals surface area contributed by atoms with Crippen LogP contribution < -0.4 is 10.1 Å². The van der Waals surface area contributed by atoms with Crippen LogP contribution in [0.5, 0.6) is 5.75 Å². The highest BCUT2D eigenvalue weighted by atomic mass is 32.1. The molecule has 1 amide bonds. The second kappa shape index (κ2) is 7.15. The van der Waals surface area contributed by atoms with Gasteiger partial charge in [-0.3, -0.25) is 9.78 Å². The average Bonchev–Trinajstić information content (AvgIpc) is 3.00. The van der Waals surface area contributed by atoms with Crippen LogP contribution in [0.25, 0.3) is 10.9 Å². The average molecular weight is 328 g/mol. The van der Waals surface area contributed by atoms with Crippen molar-refractivity contribution in [3.05, 3.63) is 47.1 Å². The Balaban J connectivity index is 1.48. The topological polar surface area (TPSA) is 77.0 Å². The molecule has 1 N–H and O–H groups in total. The number of hydrogen-bond acceptors (Lipinski definition) is 6. The number of aromatic nitrogens is 3. The number of amides is 1. The Labute approximate surface area is 137 Å². The van der Waals surface area contributed by atoms with Crippen LogP contribution in [0.3, 0.4) is 0 Å². The Kier molecular flexibility index (Phi) is 4.77. The number of fused-ring (bicyclic) bond motifs is 1. The fraction of sp³-hybridized carbons (Fsp3) is 0.250. The van der Waals surface area contributed by atoms with Gasteiger partial charge in [-0.05, 0) is 37.0 Å². The summed E-state index contributed by atoms with van der Waals surface area (Å²) < 4.78 is 9.53. The Hall–Kier alpha value is -2.54. The van der Waals surface area contributed by atoms with E-state index in [1.807, 2.05) is 30.3 Å². The number of pyridine rings is 1. The Morgan fingerprint density at radius 1 is 1.30 bits per heavy atom. The molecule has 0 aliphatic rings. The van der Waals surface area contributed by atoms with Crippen LogP contribution in [-0.4, -0.2) is 33.6 Å². The molecule has 0 saturated heterocycles. The standard InChI is InChI=1S/C16H16N4O2S/c1-11-15(23-20-19-11)16(21)18-9-4-10-22-13-7-2-5-12-6-3-8-17-14(12)13/h2-3,5-8H,4,9-10H2,1H3,(H,18,21). The summed E-state index contributed by atoms with van der Waals surface area (Å²) in [6, 6.07) is 9.75. The number of carbonyl (C=O) groups excluding carboxylic acids is 1. The van der Waals surface area contributed by atoms with Crippen molar-refractivity contribution in [3.63, 3.8) is 0 Å². The minimum Gasteiger partial charge on any atom is -0.491 e. The first-order valence-electron chi connectivity index (χ1n) is 7.29. The molecule has 0 unspecified atom stereocenters. The molecule has 7 heteroatoms. The minimum atomic E-state index is -0.135. The van der Waals surface area contributed by atoms with E-state index in [1.165, 1.54) is 0 Å². The van der Waals surface area contributed by atoms with Crippen molar-refractivity contribution in [1.82, 2.24) is 19.9 Å². The van der Waals surface area contributed by atoms with Gasteiger partial charge in [-0.25, -0.2) is 0 Å². The SMILES string of the molecule is Cc1nnsc1C(=O)NCCCOc1cccc2cccnc12. The quantitative estimate of drug-likeness (QED) is 0.704. The van der Waals surface area contributed by atoms with Gasteiger partial charge in [0, 0.05) is 18.1 Å². The number of rotatable bonds is 6. The van der Waals surface area contributed by atoms with Gasteiger partial charge in [0.1, 0.15) is 16.1 Å². The monoisotopic (exact) mass is 328 g/mol. The molecule has 0 aliphatic carbocycles. The molecule has 0 aliphatic heterocycles. The van der Waals surface area contributed by atoms with Crippen molar-refractivity contribution in [2.45, 2.75) is 13.3 Å². The van der Waals surface area contributed by atoms with Gasteiger partial charge in [0.05, 0.1) is 12.3 Å². The normalized spacial score (nSPS) is 10.7. The van der Waals surface area contributed by atoms with Gasteiger partial charge in [0.2, 0.25) is 0 Å². The molecule has 1 aromatic carbocycles. The molecule has 0 bridgehead atoms. The second-order valence-electron chi connectivity index (χ2n) is 4.98. The van der Waals surface area contributed by atoms with Crippen molar-refractivity contribution in [3.8, 4) is 5.75 Å². The molecule has 0 spiro atoms. The molecule has 0 atom stereocenters. The molecule has 23 heavy (non-hydrogen) atoms. The highest BCUT2D eigenvalue weighted by Gasteiger charge is 2.12. The molecule has 0 saturated carbocycles. The first-order chi connectivity index (χ1) is 11.3. The molecule has 3 aromatic rings. The number of aryl methyl sites for hydroxylation is 1. The molecular formula is C16H16N4O2S. The van der Waals surface area contributed by atoms with E-state index in [0.29, 0.717) is 30.1 Å². The van der Waals surface area contributed by atoms with Crippen molar-refractivity contribution in [2.75, 3.05) is 13.2 Å². The summed E-state index contributed by atoms with van der Waals surface area (Å²) in [4.78, 5) is 16.8. The number of carbonyl (C=O) groups is 1. The summed E-state index contributed by atoms with van der Waals surface area (Å²) in [6.45, 7) is 2.82. The summed E-state index contributed by atoms with van der Waals surface area (Å²) in [6.07, 6.45) is 2.46. The first kappa shape index (κ1) is 15.4. The third-order valence-corrected chi connectivity index (χ3v) is 4.14. The van der Waals surface area contributed by atoms with Crippen molar-refractivity contribution < 1.29 is 9.53 Å². The van der Waals surface area contributed by atoms with E-state index in [1.54, 1.807) is 13.1 Å². The molecule has 3 rings (SSSR count). The second-order valence-corrected chi connectivity index (χ2v) is 5.73. The Morgan fingerprint density at radius 3 is 3.00 bits per heavy atom. The van der Waals surface area contributed by atoms with Gasteiger partial charge in [0.15, 0.2) is 0 Å². The zero-order valence-electron chi connectivity index (χ0n) is 12.7. The molecule has 2 heterocycles. The van der Waals surface area contributed by atoms with Gasteiger partial charge < -0.3 is 10.1 Å². The van der Waals surface area contributed by atoms with Gasteiger partial charge in [-0.2, -0.15) is 0 Å². The van der Waals surface area contributed by atoms with E-state index in [2.05, 4.69) is 19.9 Å². The fourth-order valence-corrected chi connectivity index (χ4v) is 2.74. The van der Waals surface area contributed by atoms with Crippen LogP contribution >= 0.6 is 11.5 Å². The number of hydrogen-bond donors (Lipinski definition) is 1. The van der Waals surface area contributed by atoms with Crippen LogP contribution in [0, 0.1) is 6.92 Å². The number of benzene rings is 1. The maximum absolute atomic E-state index is 11.9. The molecule has 6 nitrogen and oxygen atoms in total. The zero-order valence-corrected chi connectivity index (χ0v) is 13.5. The highest BCUT2D eigenvalue weighted by Crippen LogP contribution is 2.22. The van der Waals surface area contributed by atoms with Crippen molar-refractivity contribution in [1.29, 1.82) is 0 Å². The molecule has 0 fully saturated rings. The summed E-state index contributed by atoms with van der Waals surface area (Å²) in [5.41, 5.74) is 1.51. The van der Waals surface area contributed by atoms with Gasteiger partial charge in [-0.1, -0.05) is 22.7 Å². The van der Waals surface area contributed by atoms with E-state index in [9.17, 15) is 4.79 Å². The van der Waals surface area contributed by atoms with E-state index < -0.39 is 0 Å². The Bertz CT molecular complexity index is 813. The van der Waals surface area contributed by atoms with Crippen LogP contribution in [0.1, 0.15) is 21.8 Å². The smallest absolute Gasteiger partial charge is 0.264 e. The molecule has 118 valence electrons. The Morgan fingerprint density at radius 2 is 2.17 bits per heavy atom. The van der Waals surface area contributed by atoms with Crippen molar-refractivity contribution >= 4 is 28.3 Å². The van der Waals surface area contributed by atoms with E-state index >= 15 is 0 Å². The summed E-state index contributed by atoms with van der Waals surface area (Å²) in [5, 5.41) is 7.72. The highest BCUT2D eigenvalue weighted by molar-refractivity contribution is 7.07. The summed E-state index contributed by atoms with van der Waals surface area (Å²) >= 11 is 1.11. The number of nitrogens with zero attached hydrogens (tertiary/aromatic N) is 3. The minimum absolute atomic E-state index is 0.135. The lowest BCUT2D eigenvalue weighted by molar-refractivity contribution is 0.0955. The maximum Gasteiger partial charge on any atom is 0.264 e. The third kappa shape index (κ3) is 3.62. The lowest BCUT2D eigenvalue weighted by Gasteiger charge is -2.09. The fourth-order valence-electron chi connectivity index (χ4n) is 2.17. The predicted molar refractivity (Wildman–Crippen MR) is 88.8 cm³/mol. The third-order valence-electron chi connectivity index (χ3n) is 3.32. The van der Waals surface area contributed by atoms with Gasteiger partial charge in [0.25, 0.3) is 5.91 Å². The van der Waals surface area contributed by atoms with Crippen molar-refractivity contribution in [2.24, 2.45) is 0 Å². The molecule has 2 aromatic heterocycles. The number of nitrogens with one attached hydrogen (secondary N) is 1. The maximum atomic E-state index is 11.9. The van der Waals surface area contributed by atoms with Crippen LogP contribution in [-0.2, 0) is 0 Å². The van der Waals surface area contributed by atoms with E-state index in [-0.39, 0.29) is 5.91 Å².